The van der Waals surface area contributed by atoms with E-state index in [1.54, 1.807) is 0 Å². The smallest absolute Gasteiger partial charge is 0.253 e. The highest BCUT2D eigenvalue weighted by molar-refractivity contribution is 5.94. The average molecular weight is 392 g/mol. The zero-order valence-electron chi connectivity index (χ0n) is 16.8. The molecule has 2 amide bonds. The number of hydrogen-bond donors (Lipinski definition) is 1. The number of hydrogen-bond acceptors (Lipinski definition) is 3. The number of likely N-dealkylation sites (tertiary alicyclic amines) is 2. The van der Waals surface area contributed by atoms with E-state index < -0.39 is 0 Å². The van der Waals surface area contributed by atoms with E-state index in [4.69, 9.17) is 0 Å². The Labute approximate surface area is 172 Å². The van der Waals surface area contributed by atoms with Crippen LogP contribution in [0, 0.1) is 0 Å². The van der Waals surface area contributed by atoms with Gasteiger partial charge in [-0.1, -0.05) is 30.3 Å². The molecule has 0 radical (unpaired) electrons. The van der Waals surface area contributed by atoms with Crippen molar-refractivity contribution in [3.63, 3.8) is 0 Å². The number of nitrogens with one attached hydrogen (secondary N) is 1. The Balaban J connectivity index is 1.24. The molecule has 2 aliphatic heterocycles. The Hall–Kier alpha value is -2.66. The van der Waals surface area contributed by atoms with Crippen LogP contribution < -0.4 is 5.32 Å². The molecule has 0 aromatic heterocycles. The molecule has 2 aromatic carbocycles. The SMILES string of the molecule is O=C(NC1CCN(Cc2ccc(C(=O)N3CCCC3)cc2)CC1)c1ccccc1. The molecule has 1 N–H and O–H groups in total. The second kappa shape index (κ2) is 9.23. The Morgan fingerprint density at radius 1 is 0.828 bits per heavy atom. The van der Waals surface area contributed by atoms with Crippen LogP contribution in [0.1, 0.15) is 52.0 Å². The van der Waals surface area contributed by atoms with E-state index in [0.29, 0.717) is 0 Å². The summed E-state index contributed by atoms with van der Waals surface area (Å²) in [5.74, 6) is 0.173. The lowest BCUT2D eigenvalue weighted by atomic mass is 10.0. The van der Waals surface area contributed by atoms with Crippen molar-refractivity contribution < 1.29 is 9.59 Å². The summed E-state index contributed by atoms with van der Waals surface area (Å²) in [6.45, 7) is 4.59. The maximum Gasteiger partial charge on any atom is 0.253 e. The third kappa shape index (κ3) is 5.04. The van der Waals surface area contributed by atoms with E-state index in [0.717, 1.165) is 69.5 Å². The molecule has 29 heavy (non-hydrogen) atoms. The minimum atomic E-state index is 0.0160. The fraction of sp³-hybridized carbons (Fsp3) is 0.417. The molecule has 0 unspecified atom stereocenters. The monoisotopic (exact) mass is 391 g/mol. The standard InChI is InChI=1S/C24H29N3O2/c28-23(20-6-2-1-3-7-20)25-22-12-16-26(17-13-22)18-19-8-10-21(11-9-19)24(29)27-14-4-5-15-27/h1-3,6-11,22H,4-5,12-18H2,(H,25,28). The highest BCUT2D eigenvalue weighted by Gasteiger charge is 2.22. The summed E-state index contributed by atoms with van der Waals surface area (Å²) in [5, 5.41) is 3.16. The second-order valence-electron chi connectivity index (χ2n) is 8.09. The van der Waals surface area contributed by atoms with E-state index in [2.05, 4.69) is 22.3 Å². The first kappa shape index (κ1) is 19.6. The summed E-state index contributed by atoms with van der Waals surface area (Å²) in [6.07, 6.45) is 4.16. The van der Waals surface area contributed by atoms with Crippen LogP contribution in [0.3, 0.4) is 0 Å². The number of carbonyl (C=O) groups is 2. The molecule has 2 aromatic rings. The third-order valence-electron chi connectivity index (χ3n) is 5.96. The predicted molar refractivity (Wildman–Crippen MR) is 114 cm³/mol. The van der Waals surface area contributed by atoms with Gasteiger partial charge in [-0.2, -0.15) is 0 Å². The Kier molecular flexibility index (Phi) is 6.25. The molecule has 2 heterocycles. The predicted octanol–water partition coefficient (Wildman–Crippen LogP) is 3.32. The molecule has 0 atom stereocenters. The first-order valence-electron chi connectivity index (χ1n) is 10.7. The zero-order chi connectivity index (χ0) is 20.1. The number of amides is 2. The van der Waals surface area contributed by atoms with Crippen molar-refractivity contribution in [2.24, 2.45) is 0 Å². The summed E-state index contributed by atoms with van der Waals surface area (Å²) >= 11 is 0. The topological polar surface area (TPSA) is 52.7 Å². The van der Waals surface area contributed by atoms with Crippen LogP contribution in [-0.2, 0) is 6.54 Å². The maximum atomic E-state index is 12.5. The van der Waals surface area contributed by atoms with Gasteiger partial charge in [0.1, 0.15) is 0 Å². The number of carbonyl (C=O) groups excluding carboxylic acids is 2. The van der Waals surface area contributed by atoms with Crippen molar-refractivity contribution in [1.82, 2.24) is 15.1 Å². The van der Waals surface area contributed by atoms with Crippen molar-refractivity contribution in [3.05, 3.63) is 71.3 Å². The molecular formula is C24H29N3O2. The highest BCUT2D eigenvalue weighted by Crippen LogP contribution is 2.17. The van der Waals surface area contributed by atoms with Crippen LogP contribution in [-0.4, -0.2) is 53.8 Å². The summed E-state index contributed by atoms with van der Waals surface area (Å²) in [7, 11) is 0. The van der Waals surface area contributed by atoms with Crippen molar-refractivity contribution in [3.8, 4) is 0 Å². The van der Waals surface area contributed by atoms with Gasteiger partial charge in [0.25, 0.3) is 11.8 Å². The van der Waals surface area contributed by atoms with E-state index in [1.165, 1.54) is 5.56 Å². The molecule has 0 bridgehead atoms. The second-order valence-corrected chi connectivity index (χ2v) is 8.09. The Bertz CT molecular complexity index is 821. The van der Waals surface area contributed by atoms with Gasteiger partial charge in [-0.25, -0.2) is 0 Å². The lowest BCUT2D eigenvalue weighted by molar-refractivity contribution is 0.0792. The molecule has 0 aliphatic carbocycles. The van der Waals surface area contributed by atoms with Crippen LogP contribution >= 0.6 is 0 Å². The summed E-state index contributed by atoms with van der Waals surface area (Å²) in [4.78, 5) is 29.1. The molecule has 5 heteroatoms. The number of rotatable bonds is 5. The zero-order valence-corrected chi connectivity index (χ0v) is 16.8. The summed E-state index contributed by atoms with van der Waals surface area (Å²) in [6, 6.07) is 17.7. The van der Waals surface area contributed by atoms with Gasteiger partial charge in [0.15, 0.2) is 0 Å². The molecule has 0 spiro atoms. The van der Waals surface area contributed by atoms with Crippen molar-refractivity contribution in [2.45, 2.75) is 38.3 Å². The van der Waals surface area contributed by atoms with Crippen LogP contribution in [0.15, 0.2) is 54.6 Å². The van der Waals surface area contributed by atoms with Gasteiger partial charge in [-0.15, -0.1) is 0 Å². The fourth-order valence-corrected chi connectivity index (χ4v) is 4.21. The minimum Gasteiger partial charge on any atom is -0.349 e. The quantitative estimate of drug-likeness (QED) is 0.851. The van der Waals surface area contributed by atoms with Gasteiger partial charge in [-0.3, -0.25) is 14.5 Å². The van der Waals surface area contributed by atoms with Crippen LogP contribution in [0.25, 0.3) is 0 Å². The largest absolute Gasteiger partial charge is 0.349 e. The van der Waals surface area contributed by atoms with Gasteiger partial charge < -0.3 is 10.2 Å². The maximum absolute atomic E-state index is 12.5. The van der Waals surface area contributed by atoms with Crippen molar-refractivity contribution >= 4 is 11.8 Å². The first-order chi connectivity index (χ1) is 14.2. The fourth-order valence-electron chi connectivity index (χ4n) is 4.21. The molecular weight excluding hydrogens is 362 g/mol. The number of benzene rings is 2. The summed E-state index contributed by atoms with van der Waals surface area (Å²) < 4.78 is 0. The molecule has 0 saturated carbocycles. The van der Waals surface area contributed by atoms with Crippen molar-refractivity contribution in [1.29, 1.82) is 0 Å². The average Bonchev–Trinajstić information content (AvgIpc) is 3.31. The van der Waals surface area contributed by atoms with Crippen molar-refractivity contribution in [2.75, 3.05) is 26.2 Å². The van der Waals surface area contributed by atoms with Crippen LogP contribution in [0.5, 0.6) is 0 Å². The van der Waals surface area contributed by atoms with Gasteiger partial charge in [0.05, 0.1) is 0 Å². The minimum absolute atomic E-state index is 0.0160. The van der Waals surface area contributed by atoms with E-state index in [1.807, 2.05) is 47.4 Å². The molecule has 2 fully saturated rings. The Morgan fingerprint density at radius 2 is 1.48 bits per heavy atom. The van der Waals surface area contributed by atoms with E-state index >= 15 is 0 Å². The number of piperidine rings is 1. The lowest BCUT2D eigenvalue weighted by Gasteiger charge is -2.32. The molecule has 4 rings (SSSR count). The Morgan fingerprint density at radius 3 is 2.14 bits per heavy atom. The molecule has 2 saturated heterocycles. The van der Waals surface area contributed by atoms with Gasteiger partial charge in [0.2, 0.25) is 0 Å². The van der Waals surface area contributed by atoms with Gasteiger partial charge in [0, 0.05) is 49.9 Å². The molecule has 5 nitrogen and oxygen atoms in total. The third-order valence-corrected chi connectivity index (χ3v) is 5.96. The van der Waals surface area contributed by atoms with Crippen LogP contribution in [0.2, 0.25) is 0 Å². The normalized spacial score (nSPS) is 18.0. The first-order valence-corrected chi connectivity index (χ1v) is 10.7. The number of nitrogens with zero attached hydrogens (tertiary/aromatic N) is 2. The van der Waals surface area contributed by atoms with E-state index in [-0.39, 0.29) is 17.9 Å². The molecule has 152 valence electrons. The van der Waals surface area contributed by atoms with Gasteiger partial charge in [-0.05, 0) is 55.5 Å². The molecule has 2 aliphatic rings. The van der Waals surface area contributed by atoms with Crippen LogP contribution in [0.4, 0.5) is 0 Å². The summed E-state index contributed by atoms with van der Waals surface area (Å²) in [5.41, 5.74) is 2.74. The van der Waals surface area contributed by atoms with E-state index in [9.17, 15) is 9.59 Å². The highest BCUT2D eigenvalue weighted by atomic mass is 16.2. The lowest BCUT2D eigenvalue weighted by Crippen LogP contribution is -2.44. The van der Waals surface area contributed by atoms with Gasteiger partial charge >= 0.3 is 0 Å².